The van der Waals surface area contributed by atoms with Crippen molar-refractivity contribution in [3.8, 4) is 5.88 Å². The summed E-state index contributed by atoms with van der Waals surface area (Å²) in [7, 11) is -0.0413. The Morgan fingerprint density at radius 2 is 1.89 bits per heavy atom. The molecule has 0 N–H and O–H groups in total. The number of pyridine rings is 1. The summed E-state index contributed by atoms with van der Waals surface area (Å²) >= 11 is 3.52. The Morgan fingerprint density at radius 3 is 2.42 bits per heavy atom. The molecule has 1 aromatic rings. The highest BCUT2D eigenvalue weighted by atomic mass is 79.9. The molecular weight excluding hydrogens is 322 g/mol. The molecule has 0 aliphatic heterocycles. The second-order valence-electron chi connectivity index (χ2n) is 6.14. The number of rotatable bonds is 5. The summed E-state index contributed by atoms with van der Waals surface area (Å²) in [6.45, 7) is 12.0. The first-order valence-corrected chi connectivity index (χ1v) is 10.2. The monoisotopic (exact) mass is 345 g/mol. The fourth-order valence-electron chi connectivity index (χ4n) is 1.37. The number of ether oxygens (including phenoxy) is 1. The molecule has 0 radical (unpaired) electrons. The Hall–Kier alpha value is -0.393. The van der Waals surface area contributed by atoms with Gasteiger partial charge in [0.1, 0.15) is 0 Å². The molecule has 0 aliphatic carbocycles. The fraction of sp³-hybridized carbons (Fsp3) is 0.643. The molecule has 0 aromatic carbocycles. The lowest BCUT2D eigenvalue weighted by molar-refractivity contribution is 0.290. The predicted molar refractivity (Wildman–Crippen MR) is 85.3 cm³/mol. The maximum absolute atomic E-state index is 6.16. The van der Waals surface area contributed by atoms with Crippen LogP contribution in [0.3, 0.4) is 0 Å². The minimum absolute atomic E-state index is 0.242. The summed E-state index contributed by atoms with van der Waals surface area (Å²) in [6, 6.07) is 3.82. The van der Waals surface area contributed by atoms with Crippen molar-refractivity contribution in [3.63, 3.8) is 0 Å². The van der Waals surface area contributed by atoms with E-state index >= 15 is 0 Å². The van der Waals surface area contributed by atoms with Gasteiger partial charge in [-0.15, -0.1) is 0 Å². The molecule has 0 bridgehead atoms. The van der Waals surface area contributed by atoms with Crippen molar-refractivity contribution in [2.75, 3.05) is 13.7 Å². The maximum atomic E-state index is 6.16. The van der Waals surface area contributed by atoms with E-state index in [4.69, 9.17) is 9.16 Å². The highest BCUT2D eigenvalue weighted by Crippen LogP contribution is 2.36. The van der Waals surface area contributed by atoms with Gasteiger partial charge in [0.15, 0.2) is 8.32 Å². The minimum Gasteiger partial charge on any atom is -0.481 e. The first-order chi connectivity index (χ1) is 8.67. The summed E-state index contributed by atoms with van der Waals surface area (Å²) in [4.78, 5) is 4.44. The zero-order valence-electron chi connectivity index (χ0n) is 12.7. The van der Waals surface area contributed by atoms with Crippen LogP contribution in [0.5, 0.6) is 5.88 Å². The van der Waals surface area contributed by atoms with E-state index in [1.807, 2.05) is 12.1 Å². The molecule has 0 fully saturated rings. The van der Waals surface area contributed by atoms with Gasteiger partial charge in [0.25, 0.3) is 0 Å². The van der Waals surface area contributed by atoms with Crippen LogP contribution >= 0.6 is 15.9 Å². The predicted octanol–water partition coefficient (Wildman–Crippen LogP) is 4.42. The zero-order chi connectivity index (χ0) is 14.7. The fourth-order valence-corrected chi connectivity index (χ4v) is 2.84. The SMILES string of the molecule is COc1ccc(Br)c(CCO[Si](C)(C)C(C)(C)C)n1. The third-order valence-corrected chi connectivity index (χ3v) is 8.97. The van der Waals surface area contributed by atoms with E-state index in [2.05, 4.69) is 54.8 Å². The van der Waals surface area contributed by atoms with Crippen molar-refractivity contribution >= 4 is 24.2 Å². The van der Waals surface area contributed by atoms with Crippen molar-refractivity contribution in [2.45, 2.75) is 45.3 Å². The van der Waals surface area contributed by atoms with Gasteiger partial charge in [-0.2, -0.15) is 0 Å². The van der Waals surface area contributed by atoms with E-state index in [0.717, 1.165) is 16.6 Å². The Bertz CT molecular complexity index is 430. The second-order valence-corrected chi connectivity index (χ2v) is 11.8. The number of halogens is 1. The van der Waals surface area contributed by atoms with Crippen LogP contribution in [0.2, 0.25) is 18.1 Å². The van der Waals surface area contributed by atoms with Gasteiger partial charge < -0.3 is 9.16 Å². The molecule has 0 saturated carbocycles. The summed E-state index contributed by atoms with van der Waals surface area (Å²) < 4.78 is 12.3. The second kappa shape index (κ2) is 6.37. The lowest BCUT2D eigenvalue weighted by Crippen LogP contribution is -2.41. The van der Waals surface area contributed by atoms with Crippen LogP contribution in [0.4, 0.5) is 0 Å². The summed E-state index contributed by atoms with van der Waals surface area (Å²) in [5.74, 6) is 0.644. The van der Waals surface area contributed by atoms with Crippen molar-refractivity contribution < 1.29 is 9.16 Å². The molecule has 3 nitrogen and oxygen atoms in total. The molecule has 0 amide bonds. The van der Waals surface area contributed by atoms with Gasteiger partial charge in [-0.1, -0.05) is 20.8 Å². The van der Waals surface area contributed by atoms with Gasteiger partial charge in [-0.05, 0) is 40.1 Å². The van der Waals surface area contributed by atoms with Gasteiger partial charge in [0.05, 0.1) is 12.8 Å². The summed E-state index contributed by atoms with van der Waals surface area (Å²) in [6.07, 6.45) is 0.796. The quantitative estimate of drug-likeness (QED) is 0.740. The number of hydrogen-bond donors (Lipinski definition) is 0. The van der Waals surface area contributed by atoms with Crippen molar-refractivity contribution in [1.82, 2.24) is 4.98 Å². The molecule has 0 spiro atoms. The van der Waals surface area contributed by atoms with Crippen LogP contribution in [0.1, 0.15) is 26.5 Å². The third kappa shape index (κ3) is 4.58. The maximum Gasteiger partial charge on any atom is 0.213 e. The molecule has 1 heterocycles. The van der Waals surface area contributed by atoms with Crippen LogP contribution in [0.25, 0.3) is 0 Å². The highest BCUT2D eigenvalue weighted by Gasteiger charge is 2.36. The van der Waals surface area contributed by atoms with Crippen LogP contribution in [-0.2, 0) is 10.8 Å². The van der Waals surface area contributed by atoms with Gasteiger partial charge in [0, 0.05) is 23.6 Å². The van der Waals surface area contributed by atoms with Gasteiger partial charge in [0.2, 0.25) is 5.88 Å². The largest absolute Gasteiger partial charge is 0.481 e. The lowest BCUT2D eigenvalue weighted by atomic mass is 10.2. The van der Waals surface area contributed by atoms with E-state index in [0.29, 0.717) is 12.5 Å². The van der Waals surface area contributed by atoms with Crippen LogP contribution in [-0.4, -0.2) is 27.0 Å². The third-order valence-electron chi connectivity index (χ3n) is 3.71. The van der Waals surface area contributed by atoms with E-state index in [-0.39, 0.29) is 5.04 Å². The first kappa shape index (κ1) is 16.7. The summed E-state index contributed by atoms with van der Waals surface area (Å²) in [5.41, 5.74) is 0.984. The summed E-state index contributed by atoms with van der Waals surface area (Å²) in [5, 5.41) is 0.242. The Kier molecular flexibility index (Phi) is 5.59. The standard InChI is InChI=1S/C14H24BrNO2Si/c1-14(2,3)19(5,6)18-10-9-12-11(15)7-8-13(16-12)17-4/h7-8H,9-10H2,1-6H3. The number of nitrogens with zero attached hydrogens (tertiary/aromatic N) is 1. The molecule has 0 aliphatic rings. The van der Waals surface area contributed by atoms with E-state index in [1.165, 1.54) is 0 Å². The van der Waals surface area contributed by atoms with Crippen molar-refractivity contribution in [3.05, 3.63) is 22.3 Å². The molecule has 1 rings (SSSR count). The Labute approximate surface area is 126 Å². The normalized spacial score (nSPS) is 12.6. The first-order valence-electron chi connectivity index (χ1n) is 6.51. The average Bonchev–Trinajstić information content (AvgIpc) is 2.30. The van der Waals surface area contributed by atoms with E-state index < -0.39 is 8.32 Å². The molecule has 0 atom stereocenters. The minimum atomic E-state index is -1.67. The zero-order valence-corrected chi connectivity index (χ0v) is 15.3. The average molecular weight is 346 g/mol. The van der Waals surface area contributed by atoms with Crippen molar-refractivity contribution in [1.29, 1.82) is 0 Å². The van der Waals surface area contributed by atoms with Gasteiger partial charge in [-0.25, -0.2) is 4.98 Å². The molecule has 5 heteroatoms. The molecule has 19 heavy (non-hydrogen) atoms. The van der Waals surface area contributed by atoms with Crippen molar-refractivity contribution in [2.24, 2.45) is 0 Å². The van der Waals surface area contributed by atoms with Crippen LogP contribution < -0.4 is 4.74 Å². The van der Waals surface area contributed by atoms with E-state index in [9.17, 15) is 0 Å². The molecule has 1 aromatic heterocycles. The lowest BCUT2D eigenvalue weighted by Gasteiger charge is -2.36. The van der Waals surface area contributed by atoms with Crippen LogP contribution in [0.15, 0.2) is 16.6 Å². The van der Waals surface area contributed by atoms with Gasteiger partial charge >= 0.3 is 0 Å². The highest BCUT2D eigenvalue weighted by molar-refractivity contribution is 9.10. The molecule has 0 unspecified atom stereocenters. The Balaban J connectivity index is 2.63. The Morgan fingerprint density at radius 1 is 1.26 bits per heavy atom. The molecular formula is C14H24BrNO2Si. The van der Waals surface area contributed by atoms with E-state index in [1.54, 1.807) is 7.11 Å². The topological polar surface area (TPSA) is 31.4 Å². The smallest absolute Gasteiger partial charge is 0.213 e. The molecule has 0 saturated heterocycles. The van der Waals surface area contributed by atoms with Crippen LogP contribution in [0, 0.1) is 0 Å². The number of hydrogen-bond acceptors (Lipinski definition) is 3. The number of aromatic nitrogens is 1. The molecule has 108 valence electrons. The van der Waals surface area contributed by atoms with Gasteiger partial charge in [-0.3, -0.25) is 0 Å². The number of methoxy groups -OCH3 is 1.